The number of hydrogen-bond donors (Lipinski definition) is 7. The van der Waals surface area contributed by atoms with Crippen LogP contribution in [0.1, 0.15) is 38.8 Å². The van der Waals surface area contributed by atoms with Crippen molar-refractivity contribution in [1.29, 1.82) is 10.8 Å². The second kappa shape index (κ2) is 12.2. The van der Waals surface area contributed by atoms with Gasteiger partial charge in [-0.1, -0.05) is 24.3 Å². The lowest BCUT2D eigenvalue weighted by atomic mass is 9.89. The minimum Gasteiger partial charge on any atom is -0.480 e. The van der Waals surface area contributed by atoms with Crippen LogP contribution in [0.15, 0.2) is 48.5 Å². The highest BCUT2D eigenvalue weighted by Crippen LogP contribution is 2.24. The number of carbonyl (C=O) groups is 5. The molecule has 0 saturated carbocycles. The minimum atomic E-state index is -2.13. The number of piperazine rings is 1. The number of carbonyl (C=O) groups excluding carboxylic acids is 4. The zero-order valence-corrected chi connectivity index (χ0v) is 21.7. The third-order valence-electron chi connectivity index (χ3n) is 6.41. The summed E-state index contributed by atoms with van der Waals surface area (Å²) in [6.45, 7) is -0.324. The van der Waals surface area contributed by atoms with E-state index in [9.17, 15) is 29.1 Å². The quantitative estimate of drug-likeness (QED) is 0.104. The lowest BCUT2D eigenvalue weighted by Gasteiger charge is -2.47. The Kier molecular flexibility index (Phi) is 8.96. The number of hydrazine groups is 1. The van der Waals surface area contributed by atoms with Gasteiger partial charge in [0.1, 0.15) is 12.4 Å². The summed E-state index contributed by atoms with van der Waals surface area (Å²) in [4.78, 5) is 65.1. The van der Waals surface area contributed by atoms with Crippen LogP contribution in [-0.2, 0) is 20.8 Å². The molecule has 14 heteroatoms. The fraction of sp³-hybridized carbons (Fsp3) is 0.269. The zero-order chi connectivity index (χ0) is 29.6. The van der Waals surface area contributed by atoms with E-state index in [4.69, 9.17) is 22.3 Å². The Morgan fingerprint density at radius 1 is 0.925 bits per heavy atom. The Morgan fingerprint density at radius 3 is 2.00 bits per heavy atom. The van der Waals surface area contributed by atoms with E-state index >= 15 is 0 Å². The van der Waals surface area contributed by atoms with E-state index in [1.54, 1.807) is 12.1 Å². The first-order chi connectivity index (χ1) is 18.8. The average Bonchev–Trinajstić information content (AvgIpc) is 2.89. The molecule has 0 aromatic heterocycles. The molecule has 0 aliphatic carbocycles. The van der Waals surface area contributed by atoms with Crippen LogP contribution in [0.3, 0.4) is 0 Å². The molecule has 1 fully saturated rings. The number of Topliss-reactive ketones (excluding diaryl/α,β-unsaturated/α-hetero) is 1. The molecule has 9 N–H and O–H groups in total. The molecule has 0 bridgehead atoms. The summed E-state index contributed by atoms with van der Waals surface area (Å²) in [5.41, 5.74) is 12.7. The second-order valence-electron chi connectivity index (χ2n) is 9.20. The minimum absolute atomic E-state index is 0.0424. The number of carboxylic acid groups (broad SMARTS) is 1. The Bertz CT molecular complexity index is 1360. The molecule has 210 valence electrons. The van der Waals surface area contributed by atoms with E-state index in [1.165, 1.54) is 36.4 Å². The van der Waals surface area contributed by atoms with Gasteiger partial charge in [0.25, 0.3) is 17.7 Å². The van der Waals surface area contributed by atoms with E-state index in [0.717, 1.165) is 16.8 Å². The summed E-state index contributed by atoms with van der Waals surface area (Å²) in [6, 6.07) is 12.0. The van der Waals surface area contributed by atoms with Gasteiger partial charge in [0, 0.05) is 36.2 Å². The molecule has 2 aromatic carbocycles. The second-order valence-corrected chi connectivity index (χ2v) is 9.20. The molecule has 0 radical (unpaired) electrons. The number of aliphatic carboxylic acids is 1. The first-order valence-corrected chi connectivity index (χ1v) is 12.1. The number of amidine groups is 2. The van der Waals surface area contributed by atoms with Crippen LogP contribution in [0.25, 0.3) is 0 Å². The predicted octanol–water partition coefficient (Wildman–Crippen LogP) is -0.919. The van der Waals surface area contributed by atoms with Crippen LogP contribution >= 0.6 is 0 Å². The lowest BCUT2D eigenvalue weighted by Crippen LogP contribution is -2.76. The van der Waals surface area contributed by atoms with E-state index in [1.807, 2.05) is 0 Å². The average molecular weight is 551 g/mol. The first-order valence-electron chi connectivity index (χ1n) is 12.1. The molecule has 3 rings (SSSR count). The summed E-state index contributed by atoms with van der Waals surface area (Å²) in [5.74, 6) is -4.43. The van der Waals surface area contributed by atoms with Gasteiger partial charge in [-0.05, 0) is 36.8 Å². The standard InChI is InChI=1S/C26H30N8O6/c1-15(35)26(14-31-23(38)18-4-2-16(3-5-18)12-20(27)28)25(40)33(13-21(36)37)10-11-34(26)32-24(39)19-8-6-17(7-9-19)22(29)30/h2-9H,10-14H2,1H3,(H3,27,28)(H3,29,30)(H,31,38)(H,32,39)(H,36,37)/t26-/m0/s1. The number of hydrogen-bond acceptors (Lipinski definition) is 8. The predicted molar refractivity (Wildman–Crippen MR) is 144 cm³/mol. The Labute approximate surface area is 229 Å². The summed E-state index contributed by atoms with van der Waals surface area (Å²) >= 11 is 0. The molecule has 1 aliphatic heterocycles. The number of nitrogens with zero attached hydrogens (tertiary/aromatic N) is 2. The maximum atomic E-state index is 13.6. The van der Waals surface area contributed by atoms with Crippen molar-refractivity contribution in [2.24, 2.45) is 11.5 Å². The Morgan fingerprint density at radius 2 is 1.48 bits per heavy atom. The monoisotopic (exact) mass is 550 g/mol. The van der Waals surface area contributed by atoms with Crippen molar-refractivity contribution in [2.75, 3.05) is 26.2 Å². The number of ketones is 1. The smallest absolute Gasteiger partial charge is 0.323 e. The normalized spacial score (nSPS) is 17.1. The lowest BCUT2D eigenvalue weighted by molar-refractivity contribution is -0.164. The van der Waals surface area contributed by atoms with E-state index in [-0.39, 0.29) is 42.3 Å². The molecule has 1 atom stereocenters. The van der Waals surface area contributed by atoms with Gasteiger partial charge < -0.3 is 26.8 Å². The number of benzene rings is 2. The van der Waals surface area contributed by atoms with Crippen molar-refractivity contribution in [2.45, 2.75) is 18.9 Å². The van der Waals surface area contributed by atoms with Crippen LogP contribution < -0.4 is 22.2 Å². The van der Waals surface area contributed by atoms with E-state index in [2.05, 4.69) is 10.7 Å². The fourth-order valence-electron chi connectivity index (χ4n) is 4.28. The van der Waals surface area contributed by atoms with Gasteiger partial charge in [-0.15, -0.1) is 0 Å². The zero-order valence-electron chi connectivity index (χ0n) is 21.7. The van der Waals surface area contributed by atoms with Gasteiger partial charge in [0.2, 0.25) is 0 Å². The van der Waals surface area contributed by atoms with Crippen LogP contribution in [0.4, 0.5) is 0 Å². The van der Waals surface area contributed by atoms with Gasteiger partial charge in [-0.25, -0.2) is 0 Å². The van der Waals surface area contributed by atoms with Gasteiger partial charge in [-0.3, -0.25) is 40.2 Å². The van der Waals surface area contributed by atoms with E-state index in [0.29, 0.717) is 11.1 Å². The van der Waals surface area contributed by atoms with Crippen molar-refractivity contribution < 1.29 is 29.1 Å². The molecule has 1 aliphatic rings. The summed E-state index contributed by atoms with van der Waals surface area (Å²) < 4.78 is 0. The number of carboxylic acids is 1. The van der Waals surface area contributed by atoms with Crippen molar-refractivity contribution >= 4 is 41.1 Å². The SMILES string of the molecule is CC(=O)[C@@]1(CNC(=O)c2ccc(CC(=N)N)cc2)C(=O)N(CC(=O)O)CCN1NC(=O)c1ccc(C(=N)N)cc1. The highest BCUT2D eigenvalue weighted by molar-refractivity contribution is 6.12. The molecule has 1 saturated heterocycles. The Hall–Kier alpha value is -5.11. The molecule has 14 nitrogen and oxygen atoms in total. The van der Waals surface area contributed by atoms with Crippen molar-refractivity contribution in [3.05, 3.63) is 70.8 Å². The van der Waals surface area contributed by atoms with Gasteiger partial charge in [0.05, 0.1) is 12.4 Å². The number of nitrogens with two attached hydrogens (primary N) is 2. The van der Waals surface area contributed by atoms with Crippen LogP contribution in [0.5, 0.6) is 0 Å². The van der Waals surface area contributed by atoms with Gasteiger partial charge in [-0.2, -0.15) is 5.01 Å². The molecular weight excluding hydrogens is 520 g/mol. The van der Waals surface area contributed by atoms with E-state index < -0.39 is 48.1 Å². The largest absolute Gasteiger partial charge is 0.480 e. The van der Waals surface area contributed by atoms with Crippen LogP contribution in [0.2, 0.25) is 0 Å². The van der Waals surface area contributed by atoms with Crippen molar-refractivity contribution in [3.8, 4) is 0 Å². The topological polar surface area (TPSA) is 236 Å². The Balaban J connectivity index is 1.89. The molecule has 40 heavy (non-hydrogen) atoms. The summed E-state index contributed by atoms with van der Waals surface area (Å²) in [5, 5.41) is 27.8. The molecule has 3 amide bonds. The fourth-order valence-corrected chi connectivity index (χ4v) is 4.28. The number of amides is 3. The summed E-state index contributed by atoms with van der Waals surface area (Å²) in [7, 11) is 0. The summed E-state index contributed by atoms with van der Waals surface area (Å²) in [6.07, 6.45) is 0.204. The highest BCUT2D eigenvalue weighted by atomic mass is 16.4. The molecular formula is C26H30N8O6. The van der Waals surface area contributed by atoms with Crippen LogP contribution in [0, 0.1) is 10.8 Å². The van der Waals surface area contributed by atoms with Crippen molar-refractivity contribution in [3.63, 3.8) is 0 Å². The molecule has 0 spiro atoms. The third kappa shape index (κ3) is 6.47. The highest BCUT2D eigenvalue weighted by Gasteiger charge is 2.54. The third-order valence-corrected chi connectivity index (χ3v) is 6.41. The van der Waals surface area contributed by atoms with Crippen LogP contribution in [-0.4, -0.2) is 87.9 Å². The maximum Gasteiger partial charge on any atom is 0.323 e. The van der Waals surface area contributed by atoms with Gasteiger partial charge >= 0.3 is 5.97 Å². The van der Waals surface area contributed by atoms with Crippen molar-refractivity contribution in [1.82, 2.24) is 20.7 Å². The first kappa shape index (κ1) is 29.4. The number of nitrogens with one attached hydrogen (secondary N) is 4. The maximum absolute atomic E-state index is 13.6. The molecule has 1 heterocycles. The molecule has 0 unspecified atom stereocenters. The molecule has 2 aromatic rings. The number of nitrogen functional groups attached to an aromatic ring is 1. The van der Waals surface area contributed by atoms with Gasteiger partial charge in [0.15, 0.2) is 11.3 Å². The number of rotatable bonds is 11.